The second-order valence-corrected chi connectivity index (χ2v) is 7.32. The summed E-state index contributed by atoms with van der Waals surface area (Å²) in [7, 11) is 1.34. The lowest BCUT2D eigenvalue weighted by atomic mass is 10.3. The summed E-state index contributed by atoms with van der Waals surface area (Å²) in [6.45, 7) is -1.54. The molecule has 2 amide bonds. The van der Waals surface area contributed by atoms with E-state index in [0.29, 0.717) is 11.4 Å². The number of aromatic nitrogens is 6. The van der Waals surface area contributed by atoms with Gasteiger partial charge in [-0.3, -0.25) is 14.8 Å². The van der Waals surface area contributed by atoms with Gasteiger partial charge in [0.1, 0.15) is 18.6 Å². The highest BCUT2D eigenvalue weighted by atomic mass is 19.4. The number of rotatable bonds is 7. The molecule has 0 atom stereocenters. The molecule has 178 valence electrons. The molecule has 0 bridgehead atoms. The summed E-state index contributed by atoms with van der Waals surface area (Å²) in [5, 5.41) is 10.8. The second-order valence-electron chi connectivity index (χ2n) is 7.32. The van der Waals surface area contributed by atoms with Crippen molar-refractivity contribution in [3.8, 4) is 5.88 Å². The molecule has 1 aliphatic rings. The van der Waals surface area contributed by atoms with Gasteiger partial charge < -0.3 is 15.4 Å². The smallest absolute Gasteiger partial charge is 0.387 e. The SMILES string of the molecule is Cn1ncc(NC(=O)Oc2nc(C3CC3)cnc2Nc2cncnc2)c1C(=O)NCC(F)(F)F. The van der Waals surface area contributed by atoms with Gasteiger partial charge >= 0.3 is 12.3 Å². The topological polar surface area (TPSA) is 149 Å². The molecule has 34 heavy (non-hydrogen) atoms. The summed E-state index contributed by atoms with van der Waals surface area (Å²) in [5.41, 5.74) is 0.673. The van der Waals surface area contributed by atoms with E-state index in [2.05, 4.69) is 35.7 Å². The zero-order valence-corrected chi connectivity index (χ0v) is 17.6. The van der Waals surface area contributed by atoms with Crippen LogP contribution in [0.1, 0.15) is 34.9 Å². The fourth-order valence-electron chi connectivity index (χ4n) is 2.90. The lowest BCUT2D eigenvalue weighted by molar-refractivity contribution is -0.123. The first-order chi connectivity index (χ1) is 16.2. The van der Waals surface area contributed by atoms with Crippen LogP contribution in [0.25, 0.3) is 0 Å². The number of aryl methyl sites for hydroxylation is 1. The van der Waals surface area contributed by atoms with Crippen molar-refractivity contribution >= 4 is 29.2 Å². The van der Waals surface area contributed by atoms with Crippen LogP contribution in [0, 0.1) is 0 Å². The van der Waals surface area contributed by atoms with E-state index in [1.165, 1.54) is 25.8 Å². The highest BCUT2D eigenvalue weighted by Gasteiger charge is 2.30. The first-order valence-electron chi connectivity index (χ1n) is 9.94. The van der Waals surface area contributed by atoms with Crippen LogP contribution < -0.4 is 20.7 Å². The van der Waals surface area contributed by atoms with E-state index < -0.39 is 24.7 Å². The summed E-state index contributed by atoms with van der Waals surface area (Å²) < 4.78 is 43.7. The van der Waals surface area contributed by atoms with Gasteiger partial charge in [-0.1, -0.05) is 0 Å². The van der Waals surface area contributed by atoms with Crippen LogP contribution in [-0.2, 0) is 7.05 Å². The molecule has 1 aliphatic carbocycles. The monoisotopic (exact) mass is 477 g/mol. The number of nitrogens with zero attached hydrogens (tertiary/aromatic N) is 6. The molecule has 1 saturated carbocycles. The van der Waals surface area contributed by atoms with Crippen LogP contribution in [0.2, 0.25) is 0 Å². The number of ether oxygens (including phenoxy) is 1. The molecular formula is C19H18F3N9O3. The van der Waals surface area contributed by atoms with Crippen molar-refractivity contribution in [2.75, 3.05) is 17.2 Å². The van der Waals surface area contributed by atoms with Gasteiger partial charge in [0, 0.05) is 13.0 Å². The molecule has 0 unspecified atom stereocenters. The molecule has 0 aliphatic heterocycles. The zero-order chi connectivity index (χ0) is 24.3. The van der Waals surface area contributed by atoms with Crippen molar-refractivity contribution < 1.29 is 27.5 Å². The fraction of sp³-hybridized carbons (Fsp3) is 0.316. The number of amides is 2. The second kappa shape index (κ2) is 9.29. The van der Waals surface area contributed by atoms with Crippen molar-refractivity contribution in [1.82, 2.24) is 35.0 Å². The predicted octanol–water partition coefficient (Wildman–Crippen LogP) is 2.52. The average molecular weight is 477 g/mol. The highest BCUT2D eigenvalue weighted by molar-refractivity contribution is 6.01. The normalized spacial score (nSPS) is 13.3. The molecule has 3 heterocycles. The van der Waals surface area contributed by atoms with E-state index in [1.54, 1.807) is 11.5 Å². The zero-order valence-electron chi connectivity index (χ0n) is 17.6. The van der Waals surface area contributed by atoms with E-state index in [1.807, 2.05) is 0 Å². The minimum atomic E-state index is -4.60. The number of hydrogen-bond donors (Lipinski definition) is 3. The molecule has 0 aromatic carbocycles. The van der Waals surface area contributed by atoms with E-state index >= 15 is 0 Å². The lowest BCUT2D eigenvalue weighted by Crippen LogP contribution is -2.35. The van der Waals surface area contributed by atoms with Gasteiger partial charge in [-0.15, -0.1) is 0 Å². The molecule has 15 heteroatoms. The van der Waals surface area contributed by atoms with Gasteiger partial charge in [-0.2, -0.15) is 18.3 Å². The maximum Gasteiger partial charge on any atom is 0.418 e. The minimum Gasteiger partial charge on any atom is -0.387 e. The Kier molecular flexibility index (Phi) is 6.25. The van der Waals surface area contributed by atoms with Crippen LogP contribution in [0.4, 0.5) is 35.2 Å². The maximum absolute atomic E-state index is 12.6. The van der Waals surface area contributed by atoms with Gasteiger partial charge in [-0.25, -0.2) is 24.7 Å². The van der Waals surface area contributed by atoms with Crippen LogP contribution in [-0.4, -0.2) is 54.4 Å². The van der Waals surface area contributed by atoms with Crippen LogP contribution in [0.5, 0.6) is 5.88 Å². The maximum atomic E-state index is 12.6. The summed E-state index contributed by atoms with van der Waals surface area (Å²) in [6.07, 6.45) is 3.21. The lowest BCUT2D eigenvalue weighted by Gasteiger charge is -2.12. The summed E-state index contributed by atoms with van der Waals surface area (Å²) in [5.74, 6) is -0.884. The number of anilines is 3. The fourth-order valence-corrected chi connectivity index (χ4v) is 2.90. The Bertz CT molecular complexity index is 1200. The van der Waals surface area contributed by atoms with Crippen molar-refractivity contribution in [2.24, 2.45) is 7.05 Å². The summed E-state index contributed by atoms with van der Waals surface area (Å²) >= 11 is 0. The van der Waals surface area contributed by atoms with Gasteiger partial charge in [0.2, 0.25) is 0 Å². The van der Waals surface area contributed by atoms with Gasteiger partial charge in [0.15, 0.2) is 5.82 Å². The van der Waals surface area contributed by atoms with Gasteiger partial charge in [0.05, 0.1) is 41.9 Å². The van der Waals surface area contributed by atoms with Crippen molar-refractivity contribution in [2.45, 2.75) is 24.9 Å². The third-order valence-corrected chi connectivity index (χ3v) is 4.61. The van der Waals surface area contributed by atoms with E-state index in [4.69, 9.17) is 4.74 Å². The number of halogens is 3. The third kappa shape index (κ3) is 5.73. The molecule has 3 aromatic rings. The molecule has 0 saturated heterocycles. The van der Waals surface area contributed by atoms with E-state index in [0.717, 1.165) is 23.7 Å². The van der Waals surface area contributed by atoms with Crippen molar-refractivity contribution in [3.05, 3.63) is 42.5 Å². The minimum absolute atomic E-state index is 0.115. The molecule has 3 aromatic heterocycles. The summed E-state index contributed by atoms with van der Waals surface area (Å²) in [6, 6.07) is 0. The third-order valence-electron chi connectivity index (χ3n) is 4.61. The highest BCUT2D eigenvalue weighted by Crippen LogP contribution is 2.40. The Morgan fingerprint density at radius 2 is 1.91 bits per heavy atom. The van der Waals surface area contributed by atoms with Crippen LogP contribution in [0.3, 0.4) is 0 Å². The first-order valence-corrected chi connectivity index (χ1v) is 9.94. The van der Waals surface area contributed by atoms with Gasteiger partial charge in [0.25, 0.3) is 11.8 Å². The largest absolute Gasteiger partial charge is 0.418 e. The number of carbonyl (C=O) groups excluding carboxylic acids is 2. The molecule has 4 rings (SSSR count). The molecule has 0 spiro atoms. The van der Waals surface area contributed by atoms with Gasteiger partial charge in [-0.05, 0) is 12.8 Å². The summed E-state index contributed by atoms with van der Waals surface area (Å²) in [4.78, 5) is 41.2. The molecule has 3 N–H and O–H groups in total. The van der Waals surface area contributed by atoms with E-state index in [-0.39, 0.29) is 29.0 Å². The molecule has 12 nitrogen and oxygen atoms in total. The number of alkyl halides is 3. The number of carbonyl (C=O) groups is 2. The average Bonchev–Trinajstić information content (AvgIpc) is 3.57. The Morgan fingerprint density at radius 1 is 1.18 bits per heavy atom. The standard InChI is InChI=1S/C19H18F3N9O3/c1-31-14(16(32)26-8-19(20,21)22)13(7-27-31)30-18(33)34-17-15(28-11-4-23-9-24-5-11)25-6-12(29-17)10-2-3-10/h4-7,9-10H,2-3,8H2,1H3,(H,25,28)(H,26,32)(H,30,33). The number of nitrogens with one attached hydrogen (secondary N) is 3. The van der Waals surface area contributed by atoms with Crippen molar-refractivity contribution in [1.29, 1.82) is 0 Å². The molecule has 1 fully saturated rings. The molecular weight excluding hydrogens is 459 g/mol. The Morgan fingerprint density at radius 3 is 2.59 bits per heavy atom. The van der Waals surface area contributed by atoms with Crippen LogP contribution in [0.15, 0.2) is 31.1 Å². The predicted molar refractivity (Wildman–Crippen MR) is 111 cm³/mol. The number of hydrogen-bond acceptors (Lipinski definition) is 9. The Balaban J connectivity index is 1.51. The van der Waals surface area contributed by atoms with E-state index in [9.17, 15) is 22.8 Å². The molecule has 0 radical (unpaired) electrons. The van der Waals surface area contributed by atoms with Crippen molar-refractivity contribution in [3.63, 3.8) is 0 Å². The quantitative estimate of drug-likeness (QED) is 0.467. The Labute approximate surface area is 190 Å². The van der Waals surface area contributed by atoms with Crippen LogP contribution >= 0.6 is 0 Å². The Hall–Kier alpha value is -4.30. The first kappa shape index (κ1) is 22.9.